The van der Waals surface area contributed by atoms with Crippen LogP contribution in [0.3, 0.4) is 0 Å². The van der Waals surface area contributed by atoms with Crippen LogP contribution in [0.15, 0.2) is 65.6 Å². The summed E-state index contributed by atoms with van der Waals surface area (Å²) >= 11 is 2.52. The minimum Gasteiger partial charge on any atom is -0.494 e. The number of amides is 1. The third kappa shape index (κ3) is 4.50. The van der Waals surface area contributed by atoms with Gasteiger partial charge in [-0.05, 0) is 48.5 Å². The third-order valence-corrected chi connectivity index (χ3v) is 8.43. The zero-order valence-electron chi connectivity index (χ0n) is 18.4. The summed E-state index contributed by atoms with van der Waals surface area (Å²) in [5.74, 6) is 0.775. The first-order chi connectivity index (χ1) is 16.9. The zero-order chi connectivity index (χ0) is 24.6. The monoisotopic (exact) mass is 526 g/mol. The van der Waals surface area contributed by atoms with E-state index in [1.165, 1.54) is 54.0 Å². The maximum Gasteiger partial charge on any atom is 0.263 e. The van der Waals surface area contributed by atoms with Crippen LogP contribution in [0.1, 0.15) is 10.4 Å². The highest BCUT2D eigenvalue weighted by atomic mass is 32.2. The predicted octanol–water partition coefficient (Wildman–Crippen LogP) is 4.98. The van der Waals surface area contributed by atoms with Gasteiger partial charge in [0.05, 0.1) is 28.5 Å². The number of carbonyl (C=O) groups is 1. The number of fused-ring (bicyclic) bond motifs is 2. The van der Waals surface area contributed by atoms with E-state index >= 15 is 0 Å². The highest BCUT2D eigenvalue weighted by Crippen LogP contribution is 2.34. The summed E-state index contributed by atoms with van der Waals surface area (Å²) in [5.41, 5.74) is 1.53. The molecule has 2 aromatic heterocycles. The highest BCUT2D eigenvalue weighted by molar-refractivity contribution is 7.93. The first kappa shape index (κ1) is 23.0. The molecule has 178 valence electrons. The largest absolute Gasteiger partial charge is 0.494 e. The van der Waals surface area contributed by atoms with Gasteiger partial charge >= 0.3 is 0 Å². The van der Waals surface area contributed by atoms with Gasteiger partial charge in [-0.25, -0.2) is 18.4 Å². The average Bonchev–Trinajstić information content (AvgIpc) is 3.46. The summed E-state index contributed by atoms with van der Waals surface area (Å²) < 4.78 is 40.5. The Morgan fingerprint density at radius 3 is 1.91 bits per heavy atom. The first-order valence-electron chi connectivity index (χ1n) is 10.2. The number of ether oxygens (including phenoxy) is 2. The smallest absolute Gasteiger partial charge is 0.263 e. The van der Waals surface area contributed by atoms with Gasteiger partial charge in [-0.2, -0.15) is 0 Å². The second kappa shape index (κ2) is 9.13. The number of benzene rings is 3. The van der Waals surface area contributed by atoms with Crippen molar-refractivity contribution in [2.24, 2.45) is 0 Å². The van der Waals surface area contributed by atoms with Crippen molar-refractivity contribution in [1.82, 2.24) is 9.97 Å². The molecular weight excluding hydrogens is 508 g/mol. The molecule has 3 aromatic carbocycles. The van der Waals surface area contributed by atoms with E-state index in [2.05, 4.69) is 20.0 Å². The van der Waals surface area contributed by atoms with E-state index in [0.29, 0.717) is 33.2 Å². The molecule has 0 aliphatic carbocycles. The SMILES string of the molecule is COc1cccc2sc(NC(=O)c3ccc(S(=O)(=O)Nc4nc5c(OC)cccc5s4)cc3)nc12. The molecule has 0 spiro atoms. The van der Waals surface area contributed by atoms with Crippen LogP contribution in [0, 0.1) is 0 Å². The minimum absolute atomic E-state index is 0.00462. The van der Waals surface area contributed by atoms with E-state index in [1.807, 2.05) is 24.3 Å². The Kier molecular flexibility index (Phi) is 6.01. The number of sulfonamides is 1. The van der Waals surface area contributed by atoms with Gasteiger partial charge < -0.3 is 9.47 Å². The summed E-state index contributed by atoms with van der Waals surface area (Å²) in [6.07, 6.45) is 0. The topological polar surface area (TPSA) is 120 Å². The number of anilines is 2. The number of hydrogen-bond acceptors (Lipinski definition) is 9. The lowest BCUT2D eigenvalue weighted by Gasteiger charge is -2.06. The number of rotatable bonds is 7. The van der Waals surface area contributed by atoms with Gasteiger partial charge in [0.15, 0.2) is 10.3 Å². The molecule has 0 aliphatic rings. The Labute approximate surface area is 208 Å². The molecule has 35 heavy (non-hydrogen) atoms. The maximum atomic E-state index is 12.9. The number of nitrogens with zero attached hydrogens (tertiary/aromatic N) is 2. The molecule has 0 fully saturated rings. The van der Waals surface area contributed by atoms with Crippen LogP contribution in [0.4, 0.5) is 10.3 Å². The maximum absolute atomic E-state index is 12.9. The van der Waals surface area contributed by atoms with Crippen LogP contribution >= 0.6 is 22.7 Å². The lowest BCUT2D eigenvalue weighted by Crippen LogP contribution is -2.14. The summed E-state index contributed by atoms with van der Waals surface area (Å²) in [7, 11) is -0.815. The van der Waals surface area contributed by atoms with Crippen molar-refractivity contribution in [3.63, 3.8) is 0 Å². The number of hydrogen-bond donors (Lipinski definition) is 2. The van der Waals surface area contributed by atoms with Crippen LogP contribution in [-0.2, 0) is 10.0 Å². The fraction of sp³-hybridized carbons (Fsp3) is 0.0870. The van der Waals surface area contributed by atoms with Crippen molar-refractivity contribution in [3.8, 4) is 11.5 Å². The first-order valence-corrected chi connectivity index (χ1v) is 13.3. The molecule has 5 rings (SSSR count). The molecule has 0 atom stereocenters. The molecule has 0 bridgehead atoms. The Morgan fingerprint density at radius 1 is 0.800 bits per heavy atom. The molecule has 2 N–H and O–H groups in total. The van der Waals surface area contributed by atoms with E-state index in [-0.39, 0.29) is 10.0 Å². The van der Waals surface area contributed by atoms with E-state index in [4.69, 9.17) is 9.47 Å². The molecule has 0 aliphatic heterocycles. The lowest BCUT2D eigenvalue weighted by molar-refractivity contribution is 0.102. The number of aromatic nitrogens is 2. The second-order valence-corrected chi connectivity index (χ2v) is 11.0. The van der Waals surface area contributed by atoms with Crippen LogP contribution in [0.2, 0.25) is 0 Å². The number of thiazole rings is 2. The molecule has 0 saturated heterocycles. The molecular formula is C23H18N4O5S3. The van der Waals surface area contributed by atoms with Gasteiger partial charge in [-0.15, -0.1) is 0 Å². The van der Waals surface area contributed by atoms with Crippen LogP contribution < -0.4 is 19.5 Å². The molecule has 2 heterocycles. The average molecular weight is 527 g/mol. The van der Waals surface area contributed by atoms with Crippen molar-refractivity contribution in [2.45, 2.75) is 4.90 Å². The summed E-state index contributed by atoms with van der Waals surface area (Å²) in [4.78, 5) is 21.5. The molecule has 0 radical (unpaired) electrons. The van der Waals surface area contributed by atoms with Crippen molar-refractivity contribution in [3.05, 3.63) is 66.2 Å². The van der Waals surface area contributed by atoms with E-state index < -0.39 is 15.9 Å². The van der Waals surface area contributed by atoms with E-state index in [1.54, 1.807) is 19.2 Å². The Bertz CT molecular complexity index is 1660. The van der Waals surface area contributed by atoms with Crippen molar-refractivity contribution in [1.29, 1.82) is 0 Å². The summed E-state index contributed by atoms with van der Waals surface area (Å²) in [6.45, 7) is 0. The molecule has 1 amide bonds. The molecule has 9 nitrogen and oxygen atoms in total. The minimum atomic E-state index is -3.91. The highest BCUT2D eigenvalue weighted by Gasteiger charge is 2.19. The Balaban J connectivity index is 1.33. The molecule has 0 saturated carbocycles. The van der Waals surface area contributed by atoms with Crippen LogP contribution in [-0.4, -0.2) is 38.5 Å². The summed E-state index contributed by atoms with van der Waals surface area (Å²) in [6, 6.07) is 16.6. The normalized spacial score (nSPS) is 11.5. The predicted molar refractivity (Wildman–Crippen MR) is 138 cm³/mol. The Hall–Kier alpha value is -3.74. The molecule has 0 unspecified atom stereocenters. The van der Waals surface area contributed by atoms with Gasteiger partial charge in [0, 0.05) is 5.56 Å². The zero-order valence-corrected chi connectivity index (χ0v) is 20.9. The fourth-order valence-corrected chi connectivity index (χ4v) is 6.40. The van der Waals surface area contributed by atoms with Crippen molar-refractivity contribution >= 4 is 69.3 Å². The molecule has 12 heteroatoms. The van der Waals surface area contributed by atoms with Crippen LogP contribution in [0.25, 0.3) is 20.4 Å². The number of methoxy groups -OCH3 is 2. The van der Waals surface area contributed by atoms with Gasteiger partial charge in [-0.1, -0.05) is 34.8 Å². The fourth-order valence-electron chi connectivity index (χ4n) is 3.40. The summed E-state index contributed by atoms with van der Waals surface area (Å²) in [5, 5.41) is 3.39. The third-order valence-electron chi connectivity index (χ3n) is 5.07. The standard InChI is InChI=1S/C23H18N4O5S3/c1-31-15-5-3-7-17-19(15)24-22(33-17)26-21(28)13-9-11-14(12-10-13)35(29,30)27-23-25-20-16(32-2)6-4-8-18(20)34-23/h3-12H,1-2H3,(H,25,27)(H,24,26,28). The van der Waals surface area contributed by atoms with Gasteiger partial charge in [0.25, 0.3) is 15.9 Å². The number of carbonyl (C=O) groups excluding carboxylic acids is 1. The van der Waals surface area contributed by atoms with Gasteiger partial charge in [0.2, 0.25) is 0 Å². The van der Waals surface area contributed by atoms with Gasteiger partial charge in [0.1, 0.15) is 22.5 Å². The Morgan fingerprint density at radius 2 is 1.34 bits per heavy atom. The van der Waals surface area contributed by atoms with E-state index in [9.17, 15) is 13.2 Å². The van der Waals surface area contributed by atoms with Crippen LogP contribution in [0.5, 0.6) is 11.5 Å². The quantitative estimate of drug-likeness (QED) is 0.307. The van der Waals surface area contributed by atoms with E-state index in [0.717, 1.165) is 9.40 Å². The lowest BCUT2D eigenvalue weighted by atomic mass is 10.2. The van der Waals surface area contributed by atoms with Crippen molar-refractivity contribution in [2.75, 3.05) is 24.3 Å². The van der Waals surface area contributed by atoms with Gasteiger partial charge in [-0.3, -0.25) is 14.8 Å². The number of nitrogens with one attached hydrogen (secondary N) is 2. The second-order valence-electron chi connectivity index (χ2n) is 7.24. The van der Waals surface area contributed by atoms with Crippen molar-refractivity contribution < 1.29 is 22.7 Å². The molecule has 5 aromatic rings. The number of para-hydroxylation sites is 2.